The first kappa shape index (κ1) is 20.9. The van der Waals surface area contributed by atoms with Gasteiger partial charge >= 0.3 is 0 Å². The van der Waals surface area contributed by atoms with Gasteiger partial charge in [0.25, 0.3) is 0 Å². The molecule has 0 aliphatic carbocycles. The van der Waals surface area contributed by atoms with E-state index in [0.29, 0.717) is 6.04 Å². The van der Waals surface area contributed by atoms with Crippen LogP contribution in [-0.4, -0.2) is 51.7 Å². The minimum Gasteiger partial charge on any atom is -0.341 e. The van der Waals surface area contributed by atoms with Crippen molar-refractivity contribution in [3.8, 4) is 0 Å². The molecule has 0 radical (unpaired) electrons. The van der Waals surface area contributed by atoms with E-state index in [4.69, 9.17) is 4.98 Å². The van der Waals surface area contributed by atoms with Crippen LogP contribution in [0.5, 0.6) is 0 Å². The second kappa shape index (κ2) is 8.51. The van der Waals surface area contributed by atoms with Crippen LogP contribution in [0.15, 0.2) is 6.33 Å². The highest BCUT2D eigenvalue weighted by Crippen LogP contribution is 2.33. The molecule has 1 N–H and O–H groups in total. The third-order valence-corrected chi connectivity index (χ3v) is 5.21. The Labute approximate surface area is 159 Å². The predicted octanol–water partition coefficient (Wildman–Crippen LogP) is 3.63. The molecule has 1 aliphatic rings. The van der Waals surface area contributed by atoms with E-state index >= 15 is 0 Å². The summed E-state index contributed by atoms with van der Waals surface area (Å²) in [5.74, 6) is 1.61. The van der Waals surface area contributed by atoms with Crippen molar-refractivity contribution in [1.29, 1.82) is 0 Å². The maximum Gasteiger partial charge on any atom is 0.230 e. The Kier molecular flexibility index (Phi) is 6.83. The third kappa shape index (κ3) is 5.29. The van der Waals surface area contributed by atoms with Crippen molar-refractivity contribution in [3.05, 3.63) is 6.33 Å². The van der Waals surface area contributed by atoms with Crippen molar-refractivity contribution >= 4 is 11.9 Å². The van der Waals surface area contributed by atoms with Crippen LogP contribution < -0.4 is 15.1 Å². The monoisotopic (exact) mass is 362 g/mol. The van der Waals surface area contributed by atoms with Crippen LogP contribution in [0, 0.1) is 0 Å². The van der Waals surface area contributed by atoms with Crippen LogP contribution >= 0.6 is 0 Å². The molecule has 6 heteroatoms. The highest BCUT2D eigenvalue weighted by molar-refractivity contribution is 5.39. The average molecular weight is 363 g/mol. The largest absolute Gasteiger partial charge is 0.341 e. The summed E-state index contributed by atoms with van der Waals surface area (Å²) in [4.78, 5) is 18.4. The van der Waals surface area contributed by atoms with Gasteiger partial charge in [-0.25, -0.2) is 9.97 Å². The molecule has 0 spiro atoms. The Morgan fingerprint density at radius 1 is 1.00 bits per heavy atom. The maximum absolute atomic E-state index is 4.85. The molecule has 0 unspecified atom stereocenters. The Bertz CT molecular complexity index is 551. The quantitative estimate of drug-likeness (QED) is 0.762. The molecule has 1 aliphatic heterocycles. The summed E-state index contributed by atoms with van der Waals surface area (Å²) in [7, 11) is 0. The van der Waals surface area contributed by atoms with Crippen LogP contribution in [0.2, 0.25) is 0 Å². The Balaban J connectivity index is 2.34. The molecule has 1 saturated heterocycles. The fraction of sp³-hybridized carbons (Fsp3) is 0.850. The van der Waals surface area contributed by atoms with E-state index in [9.17, 15) is 0 Å². The first-order valence-corrected chi connectivity index (χ1v) is 10.2. The standard InChI is InChI=1S/C20H38N6/c1-8-11-12-26(16-13-19(4,5)24-20(6,7)14-16)18-22-15-21-17(23-18)25(9-2)10-3/h15-16,24H,8-14H2,1-7H3. The lowest BCUT2D eigenvalue weighted by molar-refractivity contribution is 0.157. The number of hydrogen-bond donors (Lipinski definition) is 1. The van der Waals surface area contributed by atoms with Crippen molar-refractivity contribution in [3.63, 3.8) is 0 Å². The van der Waals surface area contributed by atoms with Crippen LogP contribution in [-0.2, 0) is 0 Å². The van der Waals surface area contributed by atoms with E-state index in [1.165, 1.54) is 6.42 Å². The van der Waals surface area contributed by atoms with E-state index in [0.717, 1.165) is 50.8 Å². The van der Waals surface area contributed by atoms with Gasteiger partial charge in [0.2, 0.25) is 11.9 Å². The number of anilines is 2. The highest BCUT2D eigenvalue weighted by Gasteiger charge is 2.40. The SMILES string of the molecule is CCCCN(c1ncnc(N(CC)CC)n1)C1CC(C)(C)NC(C)(C)C1. The Hall–Kier alpha value is -1.43. The fourth-order valence-electron chi connectivity index (χ4n) is 4.34. The van der Waals surface area contributed by atoms with Gasteiger partial charge in [0, 0.05) is 36.8 Å². The highest BCUT2D eigenvalue weighted by atomic mass is 15.3. The van der Waals surface area contributed by atoms with Crippen LogP contribution in [0.1, 0.15) is 74.1 Å². The number of hydrogen-bond acceptors (Lipinski definition) is 6. The van der Waals surface area contributed by atoms with Gasteiger partial charge in [-0.2, -0.15) is 4.98 Å². The lowest BCUT2D eigenvalue weighted by Crippen LogP contribution is -2.62. The number of nitrogens with zero attached hydrogens (tertiary/aromatic N) is 5. The topological polar surface area (TPSA) is 57.2 Å². The average Bonchev–Trinajstić information content (AvgIpc) is 2.54. The molecule has 0 atom stereocenters. The molecular formula is C20H38N6. The molecular weight excluding hydrogens is 324 g/mol. The smallest absolute Gasteiger partial charge is 0.230 e. The van der Waals surface area contributed by atoms with Crippen molar-refractivity contribution in [2.24, 2.45) is 0 Å². The number of nitrogens with one attached hydrogen (secondary N) is 1. The molecule has 26 heavy (non-hydrogen) atoms. The van der Waals surface area contributed by atoms with Crippen molar-refractivity contribution < 1.29 is 0 Å². The summed E-state index contributed by atoms with van der Waals surface area (Å²) in [6.45, 7) is 18.5. The van der Waals surface area contributed by atoms with Gasteiger partial charge in [0.1, 0.15) is 6.33 Å². The van der Waals surface area contributed by atoms with Crippen molar-refractivity contribution in [2.45, 2.75) is 91.3 Å². The molecule has 6 nitrogen and oxygen atoms in total. The van der Waals surface area contributed by atoms with E-state index in [-0.39, 0.29) is 11.1 Å². The van der Waals surface area contributed by atoms with Crippen LogP contribution in [0.3, 0.4) is 0 Å². The van der Waals surface area contributed by atoms with Crippen molar-refractivity contribution in [1.82, 2.24) is 20.3 Å². The third-order valence-electron chi connectivity index (χ3n) is 5.21. The lowest BCUT2D eigenvalue weighted by atomic mass is 9.79. The normalized spacial score (nSPS) is 19.3. The Morgan fingerprint density at radius 2 is 1.58 bits per heavy atom. The van der Waals surface area contributed by atoms with Gasteiger partial charge < -0.3 is 15.1 Å². The minimum absolute atomic E-state index is 0.103. The van der Waals surface area contributed by atoms with Gasteiger partial charge in [-0.15, -0.1) is 0 Å². The van der Waals surface area contributed by atoms with Gasteiger partial charge in [-0.1, -0.05) is 13.3 Å². The second-order valence-corrected chi connectivity index (χ2v) is 8.76. The molecule has 1 aromatic rings. The zero-order valence-electron chi connectivity index (χ0n) is 17.8. The summed E-state index contributed by atoms with van der Waals surface area (Å²) in [6.07, 6.45) is 6.17. The molecule has 2 heterocycles. The molecule has 0 amide bonds. The molecule has 0 aromatic carbocycles. The number of rotatable bonds is 8. The van der Waals surface area contributed by atoms with Gasteiger partial charge in [0.15, 0.2) is 0 Å². The summed E-state index contributed by atoms with van der Waals surface area (Å²) >= 11 is 0. The number of piperidine rings is 1. The zero-order valence-corrected chi connectivity index (χ0v) is 17.8. The first-order chi connectivity index (χ1) is 12.2. The molecule has 1 aromatic heterocycles. The molecule has 1 fully saturated rings. The van der Waals surface area contributed by atoms with Gasteiger partial charge in [0.05, 0.1) is 0 Å². The van der Waals surface area contributed by atoms with E-state index in [1.807, 2.05) is 0 Å². The Morgan fingerprint density at radius 3 is 2.12 bits per heavy atom. The first-order valence-electron chi connectivity index (χ1n) is 10.2. The summed E-state index contributed by atoms with van der Waals surface area (Å²) in [5, 5.41) is 3.78. The fourth-order valence-corrected chi connectivity index (χ4v) is 4.34. The molecule has 0 saturated carbocycles. The van der Waals surface area contributed by atoms with E-state index < -0.39 is 0 Å². The van der Waals surface area contributed by atoms with E-state index in [1.54, 1.807) is 6.33 Å². The van der Waals surface area contributed by atoms with Crippen LogP contribution in [0.25, 0.3) is 0 Å². The predicted molar refractivity (Wildman–Crippen MR) is 110 cm³/mol. The summed E-state index contributed by atoms with van der Waals surface area (Å²) in [5.41, 5.74) is 0.206. The summed E-state index contributed by atoms with van der Waals surface area (Å²) in [6, 6.07) is 0.430. The maximum atomic E-state index is 4.85. The summed E-state index contributed by atoms with van der Waals surface area (Å²) < 4.78 is 0. The van der Waals surface area contributed by atoms with E-state index in [2.05, 4.69) is 73.6 Å². The lowest BCUT2D eigenvalue weighted by Gasteiger charge is -2.49. The molecule has 0 bridgehead atoms. The minimum atomic E-state index is 0.103. The van der Waals surface area contributed by atoms with Gasteiger partial charge in [-0.05, 0) is 60.8 Å². The number of unbranched alkanes of at least 4 members (excludes halogenated alkanes) is 1. The molecule has 2 rings (SSSR count). The molecule has 148 valence electrons. The second-order valence-electron chi connectivity index (χ2n) is 8.76. The van der Waals surface area contributed by atoms with Crippen molar-refractivity contribution in [2.75, 3.05) is 29.4 Å². The van der Waals surface area contributed by atoms with Gasteiger partial charge in [-0.3, -0.25) is 0 Å². The number of aromatic nitrogens is 3. The zero-order chi connectivity index (χ0) is 19.4. The van der Waals surface area contributed by atoms with Crippen LogP contribution in [0.4, 0.5) is 11.9 Å².